The third-order valence-corrected chi connectivity index (χ3v) is 3.63. The zero-order valence-electron chi connectivity index (χ0n) is 7.93. The van der Waals surface area contributed by atoms with Gasteiger partial charge in [0, 0.05) is 7.05 Å². The van der Waals surface area contributed by atoms with Gasteiger partial charge in [0.1, 0.15) is 4.83 Å². The van der Waals surface area contributed by atoms with Crippen molar-refractivity contribution in [3.63, 3.8) is 0 Å². The van der Waals surface area contributed by atoms with E-state index in [-0.39, 0.29) is 5.56 Å². The molecule has 76 valence electrons. The van der Waals surface area contributed by atoms with E-state index in [4.69, 9.17) is 5.26 Å². The number of nitrogens with zero attached hydrogens (tertiary/aromatic N) is 3. The van der Waals surface area contributed by atoms with Crippen molar-refractivity contribution in [2.75, 3.05) is 5.75 Å². The second-order valence-electron chi connectivity index (χ2n) is 2.84. The summed E-state index contributed by atoms with van der Waals surface area (Å²) >= 11 is 2.71. The van der Waals surface area contributed by atoms with Gasteiger partial charge in [-0.3, -0.25) is 9.36 Å². The molecule has 0 aromatic carbocycles. The minimum atomic E-state index is -0.0540. The molecular formula is C9H7N3OS2. The first-order valence-electron chi connectivity index (χ1n) is 4.18. The highest BCUT2D eigenvalue weighted by atomic mass is 32.2. The Hall–Kier alpha value is -1.32. The van der Waals surface area contributed by atoms with Crippen molar-refractivity contribution in [3.8, 4) is 6.07 Å². The summed E-state index contributed by atoms with van der Waals surface area (Å²) in [4.78, 5) is 16.9. The standard InChI is InChI=1S/C9H7N3OS2/c1-12-8(13)6-2-4-14-7(6)11-9(12)15-5-3-10/h2,4H,5H2,1H3. The van der Waals surface area contributed by atoms with E-state index in [0.717, 1.165) is 4.83 Å². The summed E-state index contributed by atoms with van der Waals surface area (Å²) in [5.74, 6) is 0.303. The molecule has 0 radical (unpaired) electrons. The molecule has 0 spiro atoms. The van der Waals surface area contributed by atoms with Crippen LogP contribution in [0.2, 0.25) is 0 Å². The Labute approximate surface area is 94.2 Å². The number of fused-ring (bicyclic) bond motifs is 1. The fraction of sp³-hybridized carbons (Fsp3) is 0.222. The average Bonchev–Trinajstić information content (AvgIpc) is 2.69. The van der Waals surface area contributed by atoms with E-state index in [1.165, 1.54) is 27.7 Å². The third kappa shape index (κ3) is 1.76. The molecule has 0 aliphatic heterocycles. The molecule has 0 aliphatic rings. The van der Waals surface area contributed by atoms with Crippen LogP contribution in [0.4, 0.5) is 0 Å². The summed E-state index contributed by atoms with van der Waals surface area (Å²) in [6, 6.07) is 3.79. The van der Waals surface area contributed by atoms with Crippen molar-refractivity contribution in [2.45, 2.75) is 5.16 Å². The molecule has 0 saturated carbocycles. The lowest BCUT2D eigenvalue weighted by atomic mass is 10.4. The summed E-state index contributed by atoms with van der Waals surface area (Å²) < 4.78 is 1.48. The van der Waals surface area contributed by atoms with Crippen molar-refractivity contribution >= 4 is 33.3 Å². The maximum absolute atomic E-state index is 11.8. The number of hydrogen-bond acceptors (Lipinski definition) is 5. The number of rotatable bonds is 2. The van der Waals surface area contributed by atoms with Crippen molar-refractivity contribution in [2.24, 2.45) is 7.05 Å². The monoisotopic (exact) mass is 237 g/mol. The van der Waals surface area contributed by atoms with E-state index in [0.29, 0.717) is 16.3 Å². The summed E-state index contributed by atoms with van der Waals surface area (Å²) in [5, 5.41) is 11.6. The molecule has 0 fully saturated rings. The smallest absolute Gasteiger partial charge is 0.262 e. The van der Waals surface area contributed by atoms with Gasteiger partial charge in [-0.1, -0.05) is 11.8 Å². The Morgan fingerprint density at radius 3 is 3.27 bits per heavy atom. The molecule has 4 nitrogen and oxygen atoms in total. The Morgan fingerprint density at radius 2 is 2.53 bits per heavy atom. The van der Waals surface area contributed by atoms with Gasteiger partial charge >= 0.3 is 0 Å². The van der Waals surface area contributed by atoms with Crippen LogP contribution < -0.4 is 5.56 Å². The van der Waals surface area contributed by atoms with E-state index in [9.17, 15) is 4.79 Å². The van der Waals surface area contributed by atoms with Gasteiger partial charge in [-0.15, -0.1) is 11.3 Å². The van der Waals surface area contributed by atoms with Gasteiger partial charge in [0.05, 0.1) is 17.2 Å². The molecular weight excluding hydrogens is 230 g/mol. The van der Waals surface area contributed by atoms with Crippen LogP contribution in [-0.2, 0) is 7.05 Å². The number of thiophene rings is 1. The molecule has 0 aliphatic carbocycles. The lowest BCUT2D eigenvalue weighted by Crippen LogP contribution is -2.19. The number of nitriles is 1. The molecule has 2 heterocycles. The van der Waals surface area contributed by atoms with Gasteiger partial charge in [-0.05, 0) is 11.4 Å². The second kappa shape index (κ2) is 4.04. The minimum Gasteiger partial charge on any atom is -0.290 e. The molecule has 0 saturated heterocycles. The predicted octanol–water partition coefficient (Wildman–Crippen LogP) is 1.61. The van der Waals surface area contributed by atoms with Crippen molar-refractivity contribution < 1.29 is 0 Å². The topological polar surface area (TPSA) is 58.7 Å². The highest BCUT2D eigenvalue weighted by Crippen LogP contribution is 2.19. The molecule has 0 amide bonds. The maximum Gasteiger partial charge on any atom is 0.262 e. The van der Waals surface area contributed by atoms with Gasteiger partial charge in [0.25, 0.3) is 5.56 Å². The van der Waals surface area contributed by atoms with Crippen LogP contribution in [0.1, 0.15) is 0 Å². The molecule has 6 heteroatoms. The van der Waals surface area contributed by atoms with Crippen LogP contribution in [0.5, 0.6) is 0 Å². The van der Waals surface area contributed by atoms with Crippen molar-refractivity contribution in [1.82, 2.24) is 9.55 Å². The van der Waals surface area contributed by atoms with Crippen LogP contribution in [-0.4, -0.2) is 15.3 Å². The zero-order chi connectivity index (χ0) is 10.8. The van der Waals surface area contributed by atoms with E-state index in [2.05, 4.69) is 4.98 Å². The molecule has 2 aromatic heterocycles. The van der Waals surface area contributed by atoms with Crippen LogP contribution >= 0.6 is 23.1 Å². The Bertz CT molecular complexity index is 593. The fourth-order valence-electron chi connectivity index (χ4n) is 1.21. The molecule has 0 N–H and O–H groups in total. The van der Waals surface area contributed by atoms with E-state index in [1.807, 2.05) is 11.4 Å². The number of aromatic nitrogens is 2. The molecule has 0 unspecified atom stereocenters. The Balaban J connectivity index is 2.61. The Kier molecular flexibility index (Phi) is 2.75. The first kappa shape index (κ1) is 10.2. The summed E-state index contributed by atoms with van der Waals surface area (Å²) in [6.45, 7) is 0. The molecule has 0 atom stereocenters. The zero-order valence-corrected chi connectivity index (χ0v) is 9.56. The summed E-state index contributed by atoms with van der Waals surface area (Å²) in [5.41, 5.74) is -0.0540. The summed E-state index contributed by atoms with van der Waals surface area (Å²) in [7, 11) is 1.67. The quantitative estimate of drug-likeness (QED) is 0.588. The van der Waals surface area contributed by atoms with Gasteiger partial charge in [-0.25, -0.2) is 4.98 Å². The van der Waals surface area contributed by atoms with Gasteiger partial charge < -0.3 is 0 Å². The third-order valence-electron chi connectivity index (χ3n) is 1.93. The summed E-state index contributed by atoms with van der Waals surface area (Å²) in [6.07, 6.45) is 0. The van der Waals surface area contributed by atoms with Gasteiger partial charge in [-0.2, -0.15) is 5.26 Å². The molecule has 0 bridgehead atoms. The minimum absolute atomic E-state index is 0.0540. The lowest BCUT2D eigenvalue weighted by Gasteiger charge is -2.03. The number of thioether (sulfide) groups is 1. The second-order valence-corrected chi connectivity index (χ2v) is 4.68. The first-order valence-corrected chi connectivity index (χ1v) is 6.04. The van der Waals surface area contributed by atoms with E-state index < -0.39 is 0 Å². The van der Waals surface area contributed by atoms with Crippen LogP contribution in [0.3, 0.4) is 0 Å². The normalized spacial score (nSPS) is 10.4. The van der Waals surface area contributed by atoms with E-state index >= 15 is 0 Å². The molecule has 15 heavy (non-hydrogen) atoms. The average molecular weight is 237 g/mol. The number of hydrogen-bond donors (Lipinski definition) is 0. The predicted molar refractivity (Wildman–Crippen MR) is 61.2 cm³/mol. The van der Waals surface area contributed by atoms with Gasteiger partial charge in [0.2, 0.25) is 0 Å². The maximum atomic E-state index is 11.8. The van der Waals surface area contributed by atoms with Crippen LogP contribution in [0.15, 0.2) is 21.4 Å². The highest BCUT2D eigenvalue weighted by Gasteiger charge is 2.08. The van der Waals surface area contributed by atoms with Crippen LogP contribution in [0, 0.1) is 11.3 Å². The van der Waals surface area contributed by atoms with Gasteiger partial charge in [0.15, 0.2) is 5.16 Å². The fourth-order valence-corrected chi connectivity index (χ4v) is 2.64. The largest absolute Gasteiger partial charge is 0.290 e. The highest BCUT2D eigenvalue weighted by molar-refractivity contribution is 7.99. The van der Waals surface area contributed by atoms with Crippen molar-refractivity contribution in [3.05, 3.63) is 21.8 Å². The SMILES string of the molecule is Cn1c(SCC#N)nc2sccc2c1=O. The van der Waals surface area contributed by atoms with Crippen molar-refractivity contribution in [1.29, 1.82) is 5.26 Å². The molecule has 2 rings (SSSR count). The molecule has 2 aromatic rings. The van der Waals surface area contributed by atoms with E-state index in [1.54, 1.807) is 13.1 Å². The lowest BCUT2D eigenvalue weighted by molar-refractivity contribution is 0.729. The first-order chi connectivity index (χ1) is 7.24. The van der Waals surface area contributed by atoms with Crippen LogP contribution in [0.25, 0.3) is 10.2 Å². The Morgan fingerprint density at radius 1 is 1.73 bits per heavy atom.